The quantitative estimate of drug-likeness (QED) is 0.758. The van der Waals surface area contributed by atoms with Gasteiger partial charge in [0.15, 0.2) is 0 Å². The van der Waals surface area contributed by atoms with E-state index in [2.05, 4.69) is 4.90 Å². The van der Waals surface area contributed by atoms with Gasteiger partial charge in [0.25, 0.3) is 5.91 Å². The average molecular weight is 346 g/mol. The Labute approximate surface area is 148 Å². The lowest BCUT2D eigenvalue weighted by molar-refractivity contribution is -0.152. The van der Waals surface area contributed by atoms with E-state index in [1.54, 1.807) is 0 Å². The predicted molar refractivity (Wildman–Crippen MR) is 92.9 cm³/mol. The third-order valence-electron chi connectivity index (χ3n) is 4.82. The lowest BCUT2D eigenvalue weighted by Crippen LogP contribution is -2.53. The smallest absolute Gasteiger partial charge is 0.328 e. The van der Waals surface area contributed by atoms with Crippen LogP contribution < -0.4 is 0 Å². The first-order valence-corrected chi connectivity index (χ1v) is 9.06. The van der Waals surface area contributed by atoms with Gasteiger partial charge in [-0.2, -0.15) is 0 Å². The van der Waals surface area contributed by atoms with Gasteiger partial charge in [0, 0.05) is 32.8 Å². The minimum absolute atomic E-state index is 0.0875. The highest BCUT2D eigenvalue weighted by Crippen LogP contribution is 2.24. The number of piperazine rings is 1. The Hall–Kier alpha value is -1.92. The number of esters is 1. The minimum atomic E-state index is -0.416. The van der Waals surface area contributed by atoms with Crippen LogP contribution >= 0.6 is 0 Å². The van der Waals surface area contributed by atoms with E-state index in [9.17, 15) is 9.59 Å². The molecule has 1 aromatic rings. The highest BCUT2D eigenvalue weighted by molar-refractivity contribution is 5.81. The van der Waals surface area contributed by atoms with Crippen molar-refractivity contribution in [3.63, 3.8) is 0 Å². The van der Waals surface area contributed by atoms with Crippen LogP contribution in [0.3, 0.4) is 0 Å². The largest absolute Gasteiger partial charge is 0.465 e. The molecule has 0 bridgehead atoms. The average Bonchev–Trinajstić information content (AvgIpc) is 3.18. The van der Waals surface area contributed by atoms with Crippen LogP contribution in [-0.2, 0) is 19.1 Å². The van der Waals surface area contributed by atoms with Crippen LogP contribution in [0.25, 0.3) is 0 Å². The molecule has 25 heavy (non-hydrogen) atoms. The summed E-state index contributed by atoms with van der Waals surface area (Å²) in [6.07, 6.45) is 1.49. The maximum absolute atomic E-state index is 12.5. The number of carbonyl (C=O) groups is 2. The molecule has 0 aromatic heterocycles. The number of amides is 1. The molecule has 2 saturated heterocycles. The molecule has 2 heterocycles. The van der Waals surface area contributed by atoms with Gasteiger partial charge < -0.3 is 14.4 Å². The number of benzene rings is 1. The van der Waals surface area contributed by atoms with Crippen molar-refractivity contribution in [3.05, 3.63) is 35.9 Å². The van der Waals surface area contributed by atoms with Crippen LogP contribution in [-0.4, -0.2) is 67.2 Å². The first-order chi connectivity index (χ1) is 12.2. The third-order valence-corrected chi connectivity index (χ3v) is 4.82. The van der Waals surface area contributed by atoms with Gasteiger partial charge in [-0.25, -0.2) is 4.79 Å². The fourth-order valence-corrected chi connectivity index (χ4v) is 3.53. The zero-order valence-electron chi connectivity index (χ0n) is 14.7. The maximum Gasteiger partial charge on any atom is 0.328 e. The molecule has 2 unspecified atom stereocenters. The monoisotopic (exact) mass is 346 g/mol. The normalized spacial score (nSPS) is 22.6. The summed E-state index contributed by atoms with van der Waals surface area (Å²) in [5.74, 6) is -0.142. The van der Waals surface area contributed by atoms with Crippen molar-refractivity contribution < 1.29 is 19.1 Å². The zero-order valence-corrected chi connectivity index (χ0v) is 14.7. The summed E-state index contributed by atoms with van der Waals surface area (Å²) in [5.41, 5.74) is 0.930. The second kappa shape index (κ2) is 8.45. The van der Waals surface area contributed by atoms with Crippen LogP contribution in [0.15, 0.2) is 30.3 Å². The Morgan fingerprint density at radius 2 is 1.92 bits per heavy atom. The maximum atomic E-state index is 12.5. The van der Waals surface area contributed by atoms with Gasteiger partial charge in [-0.05, 0) is 25.3 Å². The van der Waals surface area contributed by atoms with Gasteiger partial charge in [-0.15, -0.1) is 0 Å². The zero-order chi connectivity index (χ0) is 17.6. The van der Waals surface area contributed by atoms with Crippen LogP contribution in [0.4, 0.5) is 0 Å². The number of hydrogen-bond donors (Lipinski definition) is 0. The van der Waals surface area contributed by atoms with Crippen molar-refractivity contribution in [2.24, 2.45) is 0 Å². The Bertz CT molecular complexity index is 578. The van der Waals surface area contributed by atoms with Crippen molar-refractivity contribution in [2.45, 2.75) is 31.9 Å². The van der Waals surface area contributed by atoms with Crippen molar-refractivity contribution in [1.29, 1.82) is 0 Å². The number of hydrogen-bond acceptors (Lipinski definition) is 5. The second-order valence-electron chi connectivity index (χ2n) is 6.43. The fourth-order valence-electron chi connectivity index (χ4n) is 3.53. The highest BCUT2D eigenvalue weighted by Gasteiger charge is 2.35. The Morgan fingerprint density at radius 1 is 1.20 bits per heavy atom. The Morgan fingerprint density at radius 3 is 2.52 bits per heavy atom. The van der Waals surface area contributed by atoms with Crippen molar-refractivity contribution in [3.8, 4) is 0 Å². The summed E-state index contributed by atoms with van der Waals surface area (Å²) in [6.45, 7) is 5.38. The number of nitrogens with zero attached hydrogens (tertiary/aromatic N) is 2. The van der Waals surface area contributed by atoms with Gasteiger partial charge in [-0.1, -0.05) is 30.3 Å². The first-order valence-electron chi connectivity index (χ1n) is 9.06. The van der Waals surface area contributed by atoms with E-state index in [0.29, 0.717) is 39.4 Å². The Kier molecular flexibility index (Phi) is 6.04. The van der Waals surface area contributed by atoms with E-state index >= 15 is 0 Å². The molecule has 1 aromatic carbocycles. The van der Waals surface area contributed by atoms with Crippen LogP contribution in [0.1, 0.15) is 31.4 Å². The first kappa shape index (κ1) is 17.9. The van der Waals surface area contributed by atoms with E-state index in [-0.39, 0.29) is 18.0 Å². The van der Waals surface area contributed by atoms with E-state index in [1.807, 2.05) is 42.2 Å². The third kappa shape index (κ3) is 4.19. The summed E-state index contributed by atoms with van der Waals surface area (Å²) < 4.78 is 10.8. The minimum Gasteiger partial charge on any atom is -0.465 e. The molecule has 0 aliphatic carbocycles. The topological polar surface area (TPSA) is 59.1 Å². The summed E-state index contributed by atoms with van der Waals surface area (Å²) in [7, 11) is 0. The molecule has 6 nitrogen and oxygen atoms in total. The van der Waals surface area contributed by atoms with Gasteiger partial charge in [0.1, 0.15) is 12.1 Å². The SMILES string of the molecule is CCOC(=O)C(c1ccccc1)N1CCN(C(=O)C2CCCO2)CC1. The molecule has 2 aliphatic rings. The van der Waals surface area contributed by atoms with E-state index in [0.717, 1.165) is 18.4 Å². The summed E-state index contributed by atoms with van der Waals surface area (Å²) >= 11 is 0. The summed E-state index contributed by atoms with van der Waals surface area (Å²) in [6, 6.07) is 9.28. The van der Waals surface area contributed by atoms with Crippen LogP contribution in [0.5, 0.6) is 0 Å². The van der Waals surface area contributed by atoms with E-state index in [4.69, 9.17) is 9.47 Å². The molecular formula is C19H26N2O4. The molecule has 0 N–H and O–H groups in total. The lowest BCUT2D eigenvalue weighted by atomic mass is 10.0. The number of rotatable bonds is 5. The Balaban J connectivity index is 1.65. The standard InChI is InChI=1S/C19H26N2O4/c1-2-24-19(23)17(15-7-4-3-5-8-15)20-10-12-21(13-11-20)18(22)16-9-6-14-25-16/h3-5,7-8,16-17H,2,6,9-14H2,1H3. The van der Waals surface area contributed by atoms with Crippen LogP contribution in [0, 0.1) is 0 Å². The lowest BCUT2D eigenvalue weighted by Gasteiger charge is -2.39. The molecule has 0 saturated carbocycles. The number of ether oxygens (including phenoxy) is 2. The second-order valence-corrected chi connectivity index (χ2v) is 6.43. The molecule has 0 spiro atoms. The van der Waals surface area contributed by atoms with Gasteiger partial charge in [0.05, 0.1) is 6.61 Å². The molecular weight excluding hydrogens is 320 g/mol. The van der Waals surface area contributed by atoms with E-state index < -0.39 is 6.04 Å². The molecule has 3 rings (SSSR count). The molecule has 2 atom stereocenters. The van der Waals surface area contributed by atoms with Crippen molar-refractivity contribution >= 4 is 11.9 Å². The van der Waals surface area contributed by atoms with E-state index in [1.165, 1.54) is 0 Å². The summed E-state index contributed by atoms with van der Waals surface area (Å²) in [5, 5.41) is 0. The fraction of sp³-hybridized carbons (Fsp3) is 0.579. The molecule has 0 radical (unpaired) electrons. The van der Waals surface area contributed by atoms with Gasteiger partial charge in [0.2, 0.25) is 0 Å². The molecule has 136 valence electrons. The highest BCUT2D eigenvalue weighted by atomic mass is 16.5. The van der Waals surface area contributed by atoms with Gasteiger partial charge >= 0.3 is 5.97 Å². The predicted octanol–water partition coefficient (Wildman–Crippen LogP) is 1.61. The molecule has 2 aliphatic heterocycles. The van der Waals surface area contributed by atoms with Crippen molar-refractivity contribution in [1.82, 2.24) is 9.80 Å². The molecule has 1 amide bonds. The summed E-state index contributed by atoms with van der Waals surface area (Å²) in [4.78, 5) is 28.9. The number of carbonyl (C=O) groups excluding carboxylic acids is 2. The molecule has 6 heteroatoms. The molecule has 2 fully saturated rings. The van der Waals surface area contributed by atoms with Gasteiger partial charge in [-0.3, -0.25) is 9.69 Å². The van der Waals surface area contributed by atoms with Crippen LogP contribution in [0.2, 0.25) is 0 Å². The van der Waals surface area contributed by atoms with Crippen molar-refractivity contribution in [2.75, 3.05) is 39.4 Å².